The van der Waals surface area contributed by atoms with Crippen molar-refractivity contribution in [2.24, 2.45) is 13.0 Å². The molecule has 0 aliphatic heterocycles. The van der Waals surface area contributed by atoms with Crippen LogP contribution in [0.5, 0.6) is 0 Å². The van der Waals surface area contributed by atoms with E-state index < -0.39 is 0 Å². The van der Waals surface area contributed by atoms with E-state index in [1.165, 1.54) is 64.6 Å². The van der Waals surface area contributed by atoms with Gasteiger partial charge in [0.25, 0.3) is 0 Å². The number of rotatable bonds is 8. The van der Waals surface area contributed by atoms with Crippen molar-refractivity contribution in [3.05, 3.63) is 72.0 Å². The molecule has 0 atom stereocenters. The highest BCUT2D eigenvalue weighted by atomic mass is 14.9. The highest BCUT2D eigenvalue weighted by Crippen LogP contribution is 2.33. The maximum Gasteiger partial charge on any atom is 0.0492 e. The van der Waals surface area contributed by atoms with Crippen LogP contribution >= 0.6 is 0 Å². The molecule has 0 spiro atoms. The van der Waals surface area contributed by atoms with Gasteiger partial charge in [0.2, 0.25) is 0 Å². The maximum atomic E-state index is 4.05. The van der Waals surface area contributed by atoms with Crippen molar-refractivity contribution in [3.8, 4) is 0 Å². The lowest BCUT2D eigenvalue weighted by Crippen LogP contribution is -2.10. The van der Waals surface area contributed by atoms with Crippen LogP contribution in [-0.4, -0.2) is 4.57 Å². The van der Waals surface area contributed by atoms with Crippen LogP contribution in [0.3, 0.4) is 0 Å². The monoisotopic (exact) mass is 359 g/mol. The first-order valence-corrected chi connectivity index (χ1v) is 10.3. The SMILES string of the molecule is C=C/C(=C\C=C(/C)CC1CCC1)c1ccc2c(C=C)c(CCC)n(C)c2c1. The van der Waals surface area contributed by atoms with E-state index in [1.807, 2.05) is 12.2 Å². The minimum Gasteiger partial charge on any atom is -0.347 e. The molecule has 0 unspecified atom stereocenters. The molecular formula is C26H33N. The Morgan fingerprint density at radius 3 is 2.59 bits per heavy atom. The quantitative estimate of drug-likeness (QED) is 0.430. The summed E-state index contributed by atoms with van der Waals surface area (Å²) in [6.45, 7) is 12.6. The molecule has 27 heavy (non-hydrogen) atoms. The Kier molecular flexibility index (Phi) is 6.21. The molecule has 1 fully saturated rings. The van der Waals surface area contributed by atoms with Crippen molar-refractivity contribution in [3.63, 3.8) is 0 Å². The topological polar surface area (TPSA) is 4.93 Å². The van der Waals surface area contributed by atoms with Crippen LogP contribution in [0.4, 0.5) is 0 Å². The third-order valence-corrected chi connectivity index (χ3v) is 5.99. The molecule has 1 aromatic carbocycles. The lowest BCUT2D eigenvalue weighted by atomic mass is 9.81. The highest BCUT2D eigenvalue weighted by Gasteiger charge is 2.17. The van der Waals surface area contributed by atoms with Gasteiger partial charge in [-0.3, -0.25) is 0 Å². The van der Waals surface area contributed by atoms with Crippen LogP contribution in [0, 0.1) is 5.92 Å². The number of nitrogens with zero attached hydrogens (tertiary/aromatic N) is 1. The Morgan fingerprint density at radius 1 is 1.22 bits per heavy atom. The van der Waals surface area contributed by atoms with E-state index in [2.05, 4.69) is 69.0 Å². The van der Waals surface area contributed by atoms with Crippen LogP contribution < -0.4 is 0 Å². The summed E-state index contributed by atoms with van der Waals surface area (Å²) in [6.07, 6.45) is 16.2. The summed E-state index contributed by atoms with van der Waals surface area (Å²) in [6, 6.07) is 6.75. The average molecular weight is 360 g/mol. The van der Waals surface area contributed by atoms with Gasteiger partial charge in [-0.05, 0) is 42.9 Å². The van der Waals surface area contributed by atoms with E-state index in [4.69, 9.17) is 0 Å². The van der Waals surface area contributed by atoms with Crippen molar-refractivity contribution in [1.29, 1.82) is 0 Å². The average Bonchev–Trinajstić information content (AvgIpc) is 2.90. The molecule has 1 heteroatoms. The van der Waals surface area contributed by atoms with E-state index in [0.717, 1.165) is 18.8 Å². The Labute approximate surface area is 164 Å². The van der Waals surface area contributed by atoms with Gasteiger partial charge >= 0.3 is 0 Å². The first-order chi connectivity index (χ1) is 13.1. The van der Waals surface area contributed by atoms with Crippen LogP contribution in [0.15, 0.2) is 55.2 Å². The van der Waals surface area contributed by atoms with E-state index in [-0.39, 0.29) is 0 Å². The minimum atomic E-state index is 0.913. The summed E-state index contributed by atoms with van der Waals surface area (Å²) < 4.78 is 2.33. The van der Waals surface area contributed by atoms with Gasteiger partial charge in [-0.1, -0.05) is 87.8 Å². The van der Waals surface area contributed by atoms with E-state index in [9.17, 15) is 0 Å². The lowest BCUT2D eigenvalue weighted by Gasteiger charge is -2.25. The van der Waals surface area contributed by atoms with Crippen molar-refractivity contribution >= 4 is 22.6 Å². The highest BCUT2D eigenvalue weighted by molar-refractivity contribution is 5.94. The van der Waals surface area contributed by atoms with Gasteiger partial charge < -0.3 is 4.57 Å². The normalized spacial score (nSPS) is 15.8. The zero-order valence-corrected chi connectivity index (χ0v) is 17.2. The molecule has 3 rings (SSSR count). The number of allylic oxidation sites excluding steroid dienone is 5. The Balaban J connectivity index is 1.95. The molecule has 2 aromatic rings. The third kappa shape index (κ3) is 4.03. The van der Waals surface area contributed by atoms with Crippen molar-refractivity contribution in [2.45, 2.75) is 52.4 Å². The van der Waals surface area contributed by atoms with Crippen molar-refractivity contribution in [2.75, 3.05) is 0 Å². The first kappa shape index (κ1) is 19.5. The summed E-state index contributed by atoms with van der Waals surface area (Å²) in [5.41, 5.74) is 7.81. The fourth-order valence-corrected chi connectivity index (χ4v) is 4.20. The van der Waals surface area contributed by atoms with Crippen LogP contribution in [0.1, 0.15) is 62.8 Å². The van der Waals surface area contributed by atoms with Crippen LogP contribution in [0.2, 0.25) is 0 Å². The van der Waals surface area contributed by atoms with Gasteiger partial charge in [0.15, 0.2) is 0 Å². The molecule has 1 aromatic heterocycles. The van der Waals surface area contributed by atoms with Crippen LogP contribution in [0.25, 0.3) is 22.6 Å². The summed E-state index contributed by atoms with van der Waals surface area (Å²) in [5, 5.41) is 1.29. The standard InChI is InChI=1S/C26H33N/c1-6-10-25-23(8-3)24-16-15-22(18-26(24)27(25)5)21(7-2)14-13-19(4)17-20-11-9-12-20/h7-8,13-16,18,20H,2-3,6,9-12,17H2,1,4-5H3/b19-13+,21-14+. The van der Waals surface area contributed by atoms with E-state index >= 15 is 0 Å². The van der Waals surface area contributed by atoms with Gasteiger partial charge in [0.05, 0.1) is 0 Å². The third-order valence-electron chi connectivity index (χ3n) is 5.99. The molecular weight excluding hydrogens is 326 g/mol. The molecule has 0 amide bonds. The second-order valence-electron chi connectivity index (χ2n) is 7.95. The largest absolute Gasteiger partial charge is 0.347 e. The smallest absolute Gasteiger partial charge is 0.0492 e. The predicted octanol–water partition coefficient (Wildman–Crippen LogP) is 7.48. The zero-order chi connectivity index (χ0) is 19.4. The molecule has 1 saturated carbocycles. The van der Waals surface area contributed by atoms with E-state index in [1.54, 1.807) is 0 Å². The second-order valence-corrected chi connectivity index (χ2v) is 7.95. The van der Waals surface area contributed by atoms with Gasteiger partial charge in [0.1, 0.15) is 0 Å². The lowest BCUT2D eigenvalue weighted by molar-refractivity contribution is 0.314. The fourth-order valence-electron chi connectivity index (χ4n) is 4.20. The van der Waals surface area contributed by atoms with Crippen molar-refractivity contribution < 1.29 is 0 Å². The van der Waals surface area contributed by atoms with Crippen molar-refractivity contribution in [1.82, 2.24) is 4.57 Å². The second kappa shape index (κ2) is 8.61. The number of fused-ring (bicyclic) bond motifs is 1. The molecule has 142 valence electrons. The van der Waals surface area contributed by atoms with Crippen LogP contribution in [-0.2, 0) is 13.5 Å². The first-order valence-electron chi connectivity index (χ1n) is 10.3. The molecule has 1 nitrogen and oxygen atoms in total. The number of aryl methyl sites for hydroxylation is 1. The Bertz CT molecular complexity index is 900. The molecule has 1 heterocycles. The molecule has 1 aliphatic rings. The van der Waals surface area contributed by atoms with Gasteiger partial charge in [-0.25, -0.2) is 0 Å². The number of benzene rings is 1. The summed E-state index contributed by atoms with van der Waals surface area (Å²) in [5.74, 6) is 0.913. The maximum absolute atomic E-state index is 4.05. The molecule has 1 aliphatic carbocycles. The summed E-state index contributed by atoms with van der Waals surface area (Å²) >= 11 is 0. The van der Waals surface area contributed by atoms with E-state index in [0.29, 0.717) is 0 Å². The molecule has 0 radical (unpaired) electrons. The summed E-state index contributed by atoms with van der Waals surface area (Å²) in [4.78, 5) is 0. The van der Waals surface area contributed by atoms with Gasteiger partial charge in [0, 0.05) is 29.2 Å². The number of hydrogen-bond acceptors (Lipinski definition) is 0. The molecule has 0 saturated heterocycles. The summed E-state index contributed by atoms with van der Waals surface area (Å²) in [7, 11) is 2.17. The predicted molar refractivity (Wildman–Crippen MR) is 121 cm³/mol. The van der Waals surface area contributed by atoms with Gasteiger partial charge in [-0.15, -0.1) is 0 Å². The minimum absolute atomic E-state index is 0.913. The Morgan fingerprint density at radius 2 is 2.00 bits per heavy atom. The molecule has 0 N–H and O–H groups in total. The van der Waals surface area contributed by atoms with Gasteiger partial charge in [-0.2, -0.15) is 0 Å². The molecule has 0 bridgehead atoms. The zero-order valence-electron chi connectivity index (χ0n) is 17.2. The fraction of sp³-hybridized carbons (Fsp3) is 0.385. The Hall–Kier alpha value is -2.28. The number of hydrogen-bond donors (Lipinski definition) is 0. The number of aromatic nitrogens is 1.